The van der Waals surface area contributed by atoms with Crippen molar-refractivity contribution in [2.45, 2.75) is 75.7 Å². The van der Waals surface area contributed by atoms with E-state index in [0.717, 1.165) is 40.7 Å². The maximum absolute atomic E-state index is 11.9. The SMILES string of the molecule is COc1ccc(C(C)=O)cc1CSc1nnc(-c2ccc(C(C)(C)C)cc2)n1C1CCCC1. The van der Waals surface area contributed by atoms with Gasteiger partial charge in [0.05, 0.1) is 7.11 Å². The molecule has 0 spiro atoms. The molecule has 6 heteroatoms. The van der Waals surface area contributed by atoms with Gasteiger partial charge in [0, 0.05) is 28.5 Å². The number of rotatable bonds is 7. The molecule has 0 N–H and O–H groups in total. The molecule has 1 fully saturated rings. The van der Waals surface area contributed by atoms with E-state index in [0.29, 0.717) is 17.4 Å². The second kappa shape index (κ2) is 9.72. The van der Waals surface area contributed by atoms with Crippen LogP contribution in [0.5, 0.6) is 5.75 Å². The summed E-state index contributed by atoms with van der Waals surface area (Å²) in [7, 11) is 1.66. The zero-order chi connectivity index (χ0) is 23.6. The Labute approximate surface area is 201 Å². The Hall–Kier alpha value is -2.60. The average molecular weight is 464 g/mol. The molecule has 2 aromatic carbocycles. The summed E-state index contributed by atoms with van der Waals surface area (Å²) < 4.78 is 7.88. The van der Waals surface area contributed by atoms with Gasteiger partial charge in [-0.25, -0.2) is 0 Å². The van der Waals surface area contributed by atoms with Gasteiger partial charge in [-0.1, -0.05) is 69.6 Å². The van der Waals surface area contributed by atoms with Gasteiger partial charge in [0.25, 0.3) is 0 Å². The van der Waals surface area contributed by atoms with E-state index >= 15 is 0 Å². The quantitative estimate of drug-likeness (QED) is 0.283. The molecule has 1 saturated carbocycles. The number of benzene rings is 2. The number of hydrogen-bond acceptors (Lipinski definition) is 5. The minimum atomic E-state index is 0.0546. The van der Waals surface area contributed by atoms with Crippen LogP contribution in [0.25, 0.3) is 11.4 Å². The zero-order valence-electron chi connectivity index (χ0n) is 20.2. The van der Waals surface area contributed by atoms with E-state index in [1.54, 1.807) is 25.8 Å². The minimum Gasteiger partial charge on any atom is -0.496 e. The zero-order valence-corrected chi connectivity index (χ0v) is 21.0. The summed E-state index contributed by atoms with van der Waals surface area (Å²) in [6.45, 7) is 8.28. The van der Waals surface area contributed by atoms with Gasteiger partial charge >= 0.3 is 0 Å². The first kappa shape index (κ1) is 23.6. The fourth-order valence-electron chi connectivity index (χ4n) is 4.44. The number of carbonyl (C=O) groups is 1. The van der Waals surface area contributed by atoms with E-state index in [-0.39, 0.29) is 11.2 Å². The Bertz CT molecular complexity index is 1120. The molecule has 1 aliphatic carbocycles. The number of hydrogen-bond donors (Lipinski definition) is 0. The second-order valence-electron chi connectivity index (χ2n) is 9.81. The van der Waals surface area contributed by atoms with E-state index in [4.69, 9.17) is 4.74 Å². The lowest BCUT2D eigenvalue weighted by Crippen LogP contribution is -2.11. The molecule has 1 aliphatic rings. The molecule has 33 heavy (non-hydrogen) atoms. The van der Waals surface area contributed by atoms with Crippen molar-refractivity contribution < 1.29 is 9.53 Å². The van der Waals surface area contributed by atoms with Crippen molar-refractivity contribution >= 4 is 17.5 Å². The molecule has 0 radical (unpaired) electrons. The maximum Gasteiger partial charge on any atom is 0.192 e. The van der Waals surface area contributed by atoms with Gasteiger partial charge < -0.3 is 4.74 Å². The van der Waals surface area contributed by atoms with E-state index < -0.39 is 0 Å². The number of carbonyl (C=O) groups excluding carboxylic acids is 1. The Balaban J connectivity index is 1.65. The summed E-state index contributed by atoms with van der Waals surface area (Å²) in [5, 5.41) is 10.2. The molecule has 0 amide bonds. The molecule has 0 aliphatic heterocycles. The number of thioether (sulfide) groups is 1. The molecule has 0 unspecified atom stereocenters. The van der Waals surface area contributed by atoms with Crippen LogP contribution in [0.2, 0.25) is 0 Å². The van der Waals surface area contributed by atoms with E-state index in [1.807, 2.05) is 18.2 Å². The predicted octanol–water partition coefficient (Wildman–Crippen LogP) is 6.86. The van der Waals surface area contributed by atoms with Crippen molar-refractivity contribution in [3.05, 3.63) is 59.2 Å². The predicted molar refractivity (Wildman–Crippen MR) is 134 cm³/mol. The standard InChI is InChI=1S/C27H33N3O2S/c1-18(31)20-12-15-24(32-5)21(16-20)17-33-26-29-28-25(30(26)23-8-6-7-9-23)19-10-13-22(14-11-19)27(2,3)4/h10-16,23H,6-9,17H2,1-5H3. The lowest BCUT2D eigenvalue weighted by Gasteiger charge is -2.20. The van der Waals surface area contributed by atoms with Crippen LogP contribution >= 0.6 is 11.8 Å². The summed E-state index contributed by atoms with van der Waals surface area (Å²) in [4.78, 5) is 11.9. The topological polar surface area (TPSA) is 57.0 Å². The highest BCUT2D eigenvalue weighted by atomic mass is 32.2. The van der Waals surface area contributed by atoms with Crippen molar-refractivity contribution in [1.29, 1.82) is 0 Å². The molecule has 0 saturated heterocycles. The number of methoxy groups -OCH3 is 1. The van der Waals surface area contributed by atoms with Gasteiger partial charge in [-0.3, -0.25) is 9.36 Å². The third-order valence-corrected chi connectivity index (χ3v) is 7.40. The molecular formula is C27H33N3O2S. The van der Waals surface area contributed by atoms with Crippen molar-refractivity contribution in [1.82, 2.24) is 14.8 Å². The van der Waals surface area contributed by atoms with E-state index in [2.05, 4.69) is 59.8 Å². The number of ether oxygens (including phenoxy) is 1. The summed E-state index contributed by atoms with van der Waals surface area (Å²) in [6, 6.07) is 14.8. The summed E-state index contributed by atoms with van der Waals surface area (Å²) in [6.07, 6.45) is 4.79. The number of aromatic nitrogens is 3. The van der Waals surface area contributed by atoms with Crippen LogP contribution in [0, 0.1) is 0 Å². The monoisotopic (exact) mass is 463 g/mol. The highest BCUT2D eigenvalue weighted by Crippen LogP contribution is 2.38. The van der Waals surface area contributed by atoms with E-state index in [9.17, 15) is 4.79 Å². The third kappa shape index (κ3) is 5.16. The Morgan fingerprint density at radius 1 is 1.09 bits per heavy atom. The Morgan fingerprint density at radius 3 is 2.39 bits per heavy atom. The smallest absolute Gasteiger partial charge is 0.192 e. The molecule has 174 valence electrons. The van der Waals surface area contributed by atoms with Gasteiger partial charge in [-0.05, 0) is 48.9 Å². The third-order valence-electron chi connectivity index (χ3n) is 6.41. The second-order valence-corrected chi connectivity index (χ2v) is 10.8. The fourth-order valence-corrected chi connectivity index (χ4v) is 5.42. The molecule has 5 nitrogen and oxygen atoms in total. The lowest BCUT2D eigenvalue weighted by molar-refractivity contribution is 0.101. The number of Topliss-reactive ketones (excluding diaryl/α,β-unsaturated/α-hetero) is 1. The molecule has 1 aromatic heterocycles. The van der Waals surface area contributed by atoms with Crippen LogP contribution in [0.4, 0.5) is 0 Å². The fraction of sp³-hybridized carbons (Fsp3) is 0.444. The highest BCUT2D eigenvalue weighted by Gasteiger charge is 2.25. The van der Waals surface area contributed by atoms with Crippen molar-refractivity contribution in [2.75, 3.05) is 7.11 Å². The highest BCUT2D eigenvalue weighted by molar-refractivity contribution is 7.98. The molecule has 1 heterocycles. The van der Waals surface area contributed by atoms with Gasteiger partial charge in [0.15, 0.2) is 16.8 Å². The molecule has 0 bridgehead atoms. The average Bonchev–Trinajstić information content (AvgIpc) is 3.46. The van der Waals surface area contributed by atoms with Crippen LogP contribution in [-0.4, -0.2) is 27.7 Å². The first-order valence-corrected chi connectivity index (χ1v) is 12.6. The minimum absolute atomic E-state index is 0.0546. The van der Waals surface area contributed by atoms with Crippen molar-refractivity contribution in [3.8, 4) is 17.1 Å². The molecular weight excluding hydrogens is 430 g/mol. The molecule has 0 atom stereocenters. The Kier molecular flexibility index (Phi) is 6.94. The van der Waals surface area contributed by atoms with Crippen LogP contribution < -0.4 is 4.74 Å². The maximum atomic E-state index is 11.9. The van der Waals surface area contributed by atoms with Crippen molar-refractivity contribution in [2.24, 2.45) is 0 Å². The summed E-state index contributed by atoms with van der Waals surface area (Å²) in [5.41, 5.74) is 4.22. The largest absolute Gasteiger partial charge is 0.496 e. The van der Waals surface area contributed by atoms with Gasteiger partial charge in [0.2, 0.25) is 0 Å². The number of nitrogens with zero attached hydrogens (tertiary/aromatic N) is 3. The first-order chi connectivity index (χ1) is 15.8. The van der Waals surface area contributed by atoms with Crippen molar-refractivity contribution in [3.63, 3.8) is 0 Å². The van der Waals surface area contributed by atoms with Crippen LogP contribution in [0.15, 0.2) is 47.6 Å². The van der Waals surface area contributed by atoms with Gasteiger partial charge in [0.1, 0.15) is 5.75 Å². The normalized spacial score (nSPS) is 14.6. The van der Waals surface area contributed by atoms with Crippen LogP contribution in [0.3, 0.4) is 0 Å². The van der Waals surface area contributed by atoms with Gasteiger partial charge in [-0.2, -0.15) is 0 Å². The Morgan fingerprint density at radius 2 is 1.79 bits per heavy atom. The molecule has 3 aromatic rings. The van der Waals surface area contributed by atoms with E-state index in [1.165, 1.54) is 18.4 Å². The van der Waals surface area contributed by atoms with Gasteiger partial charge in [-0.15, -0.1) is 10.2 Å². The van der Waals surface area contributed by atoms with Crippen LogP contribution in [0.1, 0.15) is 80.9 Å². The first-order valence-electron chi connectivity index (χ1n) is 11.6. The summed E-state index contributed by atoms with van der Waals surface area (Å²) in [5.74, 6) is 2.45. The summed E-state index contributed by atoms with van der Waals surface area (Å²) >= 11 is 1.66. The number of ketones is 1. The lowest BCUT2D eigenvalue weighted by atomic mass is 9.86. The molecule has 4 rings (SSSR count). The van der Waals surface area contributed by atoms with Crippen LogP contribution in [-0.2, 0) is 11.2 Å².